The lowest BCUT2D eigenvalue weighted by Gasteiger charge is -2.29. The second kappa shape index (κ2) is 7.54. The molecule has 0 amide bonds. The molecule has 3 nitrogen and oxygen atoms in total. The fourth-order valence-corrected chi connectivity index (χ4v) is 4.00. The minimum Gasteiger partial charge on any atom is -0.431 e. The molecule has 1 saturated heterocycles. The first-order valence-electron chi connectivity index (χ1n) is 8.82. The number of benzene rings is 2. The van der Waals surface area contributed by atoms with Crippen LogP contribution in [0.2, 0.25) is 0 Å². The van der Waals surface area contributed by atoms with Crippen molar-refractivity contribution in [2.24, 2.45) is 5.92 Å². The second-order valence-electron chi connectivity index (χ2n) is 6.56. The maximum atomic E-state index is 7.76. The fourth-order valence-electron chi connectivity index (χ4n) is 3.16. The monoisotopic (exact) mass is 349 g/mol. The molecule has 1 aliphatic heterocycles. The van der Waals surface area contributed by atoms with E-state index in [1.54, 1.807) is 11.3 Å². The van der Waals surface area contributed by atoms with Crippen LogP contribution in [0.3, 0.4) is 0 Å². The summed E-state index contributed by atoms with van der Waals surface area (Å²) in [5, 5.41) is 0.687. The molecular weight excluding hydrogens is 328 g/mol. The van der Waals surface area contributed by atoms with Crippen LogP contribution >= 0.6 is 11.3 Å². The Morgan fingerprint density at radius 3 is 2.60 bits per heavy atom. The standard InChI is InChI=1S/C21H21N2OS/c1-16-10-13-23(14-11-16)15-12-17-6-8-18(9-7-17)24-21-22-19-4-2-3-5-20(19)25-21/h2-9,16H,10-15H2. The van der Waals surface area contributed by atoms with E-state index in [1.807, 2.05) is 30.3 Å². The zero-order valence-corrected chi connectivity index (χ0v) is 15.0. The summed E-state index contributed by atoms with van der Waals surface area (Å²) in [6, 6.07) is 16.4. The van der Waals surface area contributed by atoms with E-state index in [9.17, 15) is 0 Å². The Morgan fingerprint density at radius 1 is 1.08 bits per heavy atom. The van der Waals surface area contributed by atoms with Crippen LogP contribution in [0.25, 0.3) is 10.2 Å². The topological polar surface area (TPSA) is 25.4 Å². The molecule has 1 fully saturated rings. The number of para-hydroxylation sites is 1. The van der Waals surface area contributed by atoms with Gasteiger partial charge in [0.05, 0.1) is 10.2 Å². The third-order valence-electron chi connectivity index (χ3n) is 4.71. The van der Waals surface area contributed by atoms with Gasteiger partial charge in [0.2, 0.25) is 0 Å². The van der Waals surface area contributed by atoms with Gasteiger partial charge in [0, 0.05) is 6.54 Å². The molecule has 3 aromatic rings. The molecule has 0 N–H and O–H groups in total. The highest BCUT2D eigenvalue weighted by atomic mass is 32.1. The van der Waals surface area contributed by atoms with Gasteiger partial charge in [-0.25, -0.2) is 4.98 Å². The van der Waals surface area contributed by atoms with Crippen molar-refractivity contribution in [2.45, 2.75) is 19.3 Å². The summed E-state index contributed by atoms with van der Waals surface area (Å²) in [6.07, 6.45) is 3.06. The smallest absolute Gasteiger partial charge is 0.279 e. The van der Waals surface area contributed by atoms with Crippen molar-refractivity contribution in [1.82, 2.24) is 9.88 Å². The summed E-state index contributed by atoms with van der Waals surface area (Å²) in [5.74, 6) is 0.980. The Labute approximate surface area is 153 Å². The predicted octanol–water partition coefficient (Wildman–Crippen LogP) is 4.93. The largest absolute Gasteiger partial charge is 0.431 e. The van der Waals surface area contributed by atoms with Crippen molar-refractivity contribution in [3.63, 3.8) is 0 Å². The van der Waals surface area contributed by atoms with Crippen molar-refractivity contribution in [3.05, 3.63) is 61.0 Å². The van der Waals surface area contributed by atoms with E-state index < -0.39 is 0 Å². The van der Waals surface area contributed by atoms with Crippen LogP contribution < -0.4 is 4.74 Å². The van der Waals surface area contributed by atoms with Gasteiger partial charge in [-0.15, -0.1) is 0 Å². The van der Waals surface area contributed by atoms with Gasteiger partial charge in [-0.2, -0.15) is 0 Å². The predicted molar refractivity (Wildman–Crippen MR) is 102 cm³/mol. The quantitative estimate of drug-likeness (QED) is 0.653. The van der Waals surface area contributed by atoms with Crippen LogP contribution in [0.1, 0.15) is 18.4 Å². The highest BCUT2D eigenvalue weighted by molar-refractivity contribution is 7.20. The first-order chi connectivity index (χ1) is 12.3. The number of rotatable bonds is 5. The van der Waals surface area contributed by atoms with Crippen molar-refractivity contribution in [3.8, 4) is 10.9 Å². The first kappa shape index (κ1) is 16.6. The van der Waals surface area contributed by atoms with Gasteiger partial charge in [0.25, 0.3) is 5.19 Å². The van der Waals surface area contributed by atoms with E-state index in [1.165, 1.54) is 5.56 Å². The van der Waals surface area contributed by atoms with Crippen LogP contribution in [-0.4, -0.2) is 29.5 Å². The molecule has 0 spiro atoms. The van der Waals surface area contributed by atoms with E-state index in [2.05, 4.69) is 28.1 Å². The zero-order valence-electron chi connectivity index (χ0n) is 14.1. The maximum absolute atomic E-state index is 7.76. The number of thiazole rings is 1. The van der Waals surface area contributed by atoms with Gasteiger partial charge in [-0.1, -0.05) is 35.6 Å². The van der Waals surface area contributed by atoms with E-state index in [-0.39, 0.29) is 5.92 Å². The van der Waals surface area contributed by atoms with Crippen LogP contribution in [0, 0.1) is 12.8 Å². The molecule has 0 saturated carbocycles. The van der Waals surface area contributed by atoms with Crippen LogP contribution in [-0.2, 0) is 6.42 Å². The van der Waals surface area contributed by atoms with Gasteiger partial charge >= 0.3 is 0 Å². The molecule has 0 unspecified atom stereocenters. The molecule has 2 heterocycles. The number of hydrogen-bond donors (Lipinski definition) is 0. The maximum Gasteiger partial charge on any atom is 0.279 e. The Balaban J connectivity index is 1.33. The van der Waals surface area contributed by atoms with Crippen molar-refractivity contribution in [1.29, 1.82) is 0 Å². The third kappa shape index (κ3) is 4.20. The lowest BCUT2D eigenvalue weighted by Crippen LogP contribution is -2.34. The number of nitrogens with zero attached hydrogens (tertiary/aromatic N) is 2. The molecule has 1 aromatic heterocycles. The number of aromatic nitrogens is 1. The minimum atomic E-state index is 0.148. The van der Waals surface area contributed by atoms with Crippen molar-refractivity contribution in [2.75, 3.05) is 19.6 Å². The molecule has 25 heavy (non-hydrogen) atoms. The van der Waals surface area contributed by atoms with Crippen LogP contribution in [0.5, 0.6) is 10.9 Å². The molecule has 2 aromatic carbocycles. The van der Waals surface area contributed by atoms with Crippen molar-refractivity contribution >= 4 is 21.6 Å². The molecular formula is C21H21N2OS. The highest BCUT2D eigenvalue weighted by Crippen LogP contribution is 2.31. The summed E-state index contributed by atoms with van der Waals surface area (Å²) in [7, 11) is 0. The number of hydrogen-bond acceptors (Lipinski definition) is 4. The summed E-state index contributed by atoms with van der Waals surface area (Å²) in [5.41, 5.74) is 2.31. The molecule has 127 valence electrons. The number of piperidine rings is 1. The van der Waals surface area contributed by atoms with Gasteiger partial charge in [0.1, 0.15) is 5.75 Å². The van der Waals surface area contributed by atoms with E-state index >= 15 is 0 Å². The summed E-state index contributed by atoms with van der Waals surface area (Å²) in [4.78, 5) is 6.98. The molecule has 4 heteroatoms. The number of likely N-dealkylation sites (tertiary alicyclic amines) is 1. The summed E-state index contributed by atoms with van der Waals surface area (Å²) >= 11 is 1.57. The average molecular weight is 349 g/mol. The van der Waals surface area contributed by atoms with Crippen molar-refractivity contribution < 1.29 is 4.74 Å². The molecule has 3 radical (unpaired) electrons. The Morgan fingerprint density at radius 2 is 1.84 bits per heavy atom. The van der Waals surface area contributed by atoms with Gasteiger partial charge < -0.3 is 9.64 Å². The Bertz CT molecular complexity index is 786. The first-order valence-corrected chi connectivity index (χ1v) is 9.64. The Hall–Kier alpha value is -1.91. The van der Waals surface area contributed by atoms with Crippen LogP contribution in [0.15, 0.2) is 48.5 Å². The van der Waals surface area contributed by atoms with E-state index in [4.69, 9.17) is 11.7 Å². The second-order valence-corrected chi connectivity index (χ2v) is 7.55. The molecule has 4 rings (SSSR count). The third-order valence-corrected chi connectivity index (χ3v) is 5.62. The highest BCUT2D eigenvalue weighted by Gasteiger charge is 2.15. The fraction of sp³-hybridized carbons (Fsp3) is 0.333. The molecule has 0 bridgehead atoms. The minimum absolute atomic E-state index is 0.148. The van der Waals surface area contributed by atoms with Gasteiger partial charge in [0.15, 0.2) is 0 Å². The Kier molecular flexibility index (Phi) is 4.99. The summed E-state index contributed by atoms with van der Waals surface area (Å²) < 4.78 is 7.04. The zero-order chi connectivity index (χ0) is 17.1. The lowest BCUT2D eigenvalue weighted by atomic mass is 9.99. The SMILES string of the molecule is [C]C1CCN(CCc2ccc(Oc3nc4ccccc4s3)cc2)CC1. The van der Waals surface area contributed by atoms with E-state index in [0.717, 1.165) is 54.9 Å². The van der Waals surface area contributed by atoms with Gasteiger partial charge in [-0.3, -0.25) is 0 Å². The average Bonchev–Trinajstić information content (AvgIpc) is 3.05. The van der Waals surface area contributed by atoms with Crippen LogP contribution in [0.4, 0.5) is 0 Å². The van der Waals surface area contributed by atoms with Gasteiger partial charge in [-0.05, 0) is 75.0 Å². The van der Waals surface area contributed by atoms with E-state index in [0.29, 0.717) is 5.19 Å². The molecule has 1 aliphatic rings. The molecule has 0 aliphatic carbocycles. The lowest BCUT2D eigenvalue weighted by molar-refractivity contribution is 0.204. The summed E-state index contributed by atoms with van der Waals surface area (Å²) in [6.45, 7) is 11.0. The molecule has 0 atom stereocenters. The number of ether oxygens (including phenoxy) is 1. The normalized spacial score (nSPS) is 16.4. The number of fused-ring (bicyclic) bond motifs is 1.